The lowest BCUT2D eigenvalue weighted by atomic mass is 9.72. The van der Waals surface area contributed by atoms with E-state index in [4.69, 9.17) is 9.47 Å². The quantitative estimate of drug-likeness (QED) is 0.283. The first kappa shape index (κ1) is 27.8. The topological polar surface area (TPSA) is 161 Å². The molecule has 1 aromatic carbocycles. The number of nitrogens with one attached hydrogen (secondary N) is 1. The van der Waals surface area contributed by atoms with E-state index in [0.29, 0.717) is 11.7 Å². The van der Waals surface area contributed by atoms with Crippen LogP contribution in [0.25, 0.3) is 10.9 Å². The highest BCUT2D eigenvalue weighted by Gasteiger charge is 2.45. The Balaban J connectivity index is 1.03. The predicted octanol–water partition coefficient (Wildman–Crippen LogP) is 1.08. The smallest absolute Gasteiger partial charge is 0.330 e. The van der Waals surface area contributed by atoms with Gasteiger partial charge in [-0.15, -0.1) is 5.10 Å². The summed E-state index contributed by atoms with van der Waals surface area (Å²) in [5.74, 6) is 0.0683. The fraction of sp³-hybridized carbons (Fsp3) is 0.483. The lowest BCUT2D eigenvalue weighted by Gasteiger charge is -2.50. The van der Waals surface area contributed by atoms with Crippen molar-refractivity contribution in [2.24, 2.45) is 5.92 Å². The van der Waals surface area contributed by atoms with Gasteiger partial charge in [-0.25, -0.2) is 9.48 Å². The number of aliphatic hydroxyl groups is 2. The Hall–Kier alpha value is -3.98. The van der Waals surface area contributed by atoms with Crippen molar-refractivity contribution in [3.63, 3.8) is 0 Å². The first-order valence-electron chi connectivity index (χ1n) is 14.4. The molecule has 8 unspecified atom stereocenters. The molecule has 4 aliphatic heterocycles. The van der Waals surface area contributed by atoms with Crippen LogP contribution in [0.4, 0.5) is 4.39 Å². The van der Waals surface area contributed by atoms with Gasteiger partial charge in [-0.1, -0.05) is 5.21 Å². The van der Waals surface area contributed by atoms with Gasteiger partial charge in [-0.2, -0.15) is 4.39 Å². The van der Waals surface area contributed by atoms with Crippen LogP contribution in [0.5, 0.6) is 5.75 Å². The molecule has 43 heavy (non-hydrogen) atoms. The minimum Gasteiger partial charge on any atom is -0.497 e. The standard InChI is InChI=1S/C29H32FN7O6/c1-42-16-2-3-21-18(9-16)17(4-6-31-21)27(39)23-8-15-5-7-35(23)11-19(15)22-13-36(34-33-22)14-25-24(38)10-26(43-25)37-12-20(30)28(40)32-29(37)41/h2-4,6,9,12-13,15,19,23-27,38-39H,5,7-8,10-11,14H2,1H3,(H,32,40,41). The Morgan fingerprint density at radius 2 is 2.09 bits per heavy atom. The van der Waals surface area contributed by atoms with E-state index in [0.717, 1.165) is 58.9 Å². The number of pyridine rings is 1. The summed E-state index contributed by atoms with van der Waals surface area (Å²) < 4.78 is 27.6. The van der Waals surface area contributed by atoms with Crippen molar-refractivity contribution in [3.05, 3.63) is 80.8 Å². The molecule has 0 aliphatic carbocycles. The summed E-state index contributed by atoms with van der Waals surface area (Å²) in [5.41, 5.74) is 0.568. The molecule has 8 atom stereocenters. The van der Waals surface area contributed by atoms with Gasteiger partial charge in [-0.05, 0) is 55.1 Å². The number of benzene rings is 1. The highest BCUT2D eigenvalue weighted by molar-refractivity contribution is 5.84. The van der Waals surface area contributed by atoms with Gasteiger partial charge in [0.1, 0.15) is 18.1 Å². The third-order valence-electron chi connectivity index (χ3n) is 9.21. The Labute approximate surface area is 244 Å². The number of methoxy groups -OCH3 is 1. The maximum atomic E-state index is 13.8. The number of halogens is 1. The lowest BCUT2D eigenvalue weighted by molar-refractivity contribution is -0.0382. The zero-order chi connectivity index (χ0) is 29.8. The van der Waals surface area contributed by atoms with E-state index in [9.17, 15) is 24.2 Å². The number of ether oxygens (including phenoxy) is 2. The van der Waals surface area contributed by atoms with Crippen molar-refractivity contribution in [3.8, 4) is 5.75 Å². The molecule has 4 aliphatic rings. The van der Waals surface area contributed by atoms with Crippen LogP contribution in [0, 0.1) is 11.7 Å². The van der Waals surface area contributed by atoms with Crippen molar-refractivity contribution in [1.29, 1.82) is 0 Å². The van der Waals surface area contributed by atoms with Crippen molar-refractivity contribution < 1.29 is 24.1 Å². The first-order valence-corrected chi connectivity index (χ1v) is 14.4. The second-order valence-corrected chi connectivity index (χ2v) is 11.6. The van der Waals surface area contributed by atoms with Crippen LogP contribution >= 0.6 is 0 Å². The number of H-pyrrole nitrogens is 1. The van der Waals surface area contributed by atoms with Gasteiger partial charge in [-0.3, -0.25) is 24.2 Å². The molecule has 7 heterocycles. The molecule has 226 valence electrons. The van der Waals surface area contributed by atoms with Crippen LogP contribution in [-0.2, 0) is 11.3 Å². The van der Waals surface area contributed by atoms with E-state index in [2.05, 4.69) is 20.2 Å². The van der Waals surface area contributed by atoms with E-state index >= 15 is 0 Å². The number of fused-ring (bicyclic) bond motifs is 4. The molecule has 13 nitrogen and oxygen atoms in total. The highest BCUT2D eigenvalue weighted by Crippen LogP contribution is 2.45. The van der Waals surface area contributed by atoms with E-state index in [-0.39, 0.29) is 24.9 Å². The number of hydrogen-bond donors (Lipinski definition) is 3. The van der Waals surface area contributed by atoms with Crippen LogP contribution in [0.3, 0.4) is 0 Å². The Morgan fingerprint density at radius 3 is 2.88 bits per heavy atom. The van der Waals surface area contributed by atoms with E-state index in [1.807, 2.05) is 35.4 Å². The molecule has 8 rings (SSSR count). The van der Waals surface area contributed by atoms with Crippen LogP contribution in [0.1, 0.15) is 48.8 Å². The summed E-state index contributed by atoms with van der Waals surface area (Å²) in [7, 11) is 1.62. The molecule has 4 fully saturated rings. The molecule has 3 aromatic heterocycles. The molecule has 14 heteroatoms. The number of piperidine rings is 3. The molecule has 0 amide bonds. The average molecular weight is 594 g/mol. The van der Waals surface area contributed by atoms with Gasteiger partial charge in [0.15, 0.2) is 0 Å². The Morgan fingerprint density at radius 1 is 1.23 bits per heavy atom. The number of aromatic nitrogens is 6. The highest BCUT2D eigenvalue weighted by atomic mass is 19.1. The number of hydrogen-bond acceptors (Lipinski definition) is 10. The second kappa shape index (κ2) is 10.9. The number of rotatable bonds is 7. The van der Waals surface area contributed by atoms with Crippen molar-refractivity contribution in [2.45, 2.75) is 62.3 Å². The third-order valence-corrected chi connectivity index (χ3v) is 9.21. The SMILES string of the molecule is COc1ccc2nccc(C(O)C3CC4CCN3CC4c3cn(CC4OC(n5cc(F)c(=O)[nH]c5=O)CC4O)nn3)c2c1. The lowest BCUT2D eigenvalue weighted by Crippen LogP contribution is -2.54. The molecule has 0 saturated carbocycles. The summed E-state index contributed by atoms with van der Waals surface area (Å²) in [6.07, 6.45) is 2.99. The van der Waals surface area contributed by atoms with Gasteiger partial charge < -0.3 is 19.7 Å². The number of aromatic amines is 1. The van der Waals surface area contributed by atoms with Gasteiger partial charge in [0.25, 0.3) is 5.56 Å². The predicted molar refractivity (Wildman–Crippen MR) is 150 cm³/mol. The molecule has 4 saturated heterocycles. The zero-order valence-corrected chi connectivity index (χ0v) is 23.4. The van der Waals surface area contributed by atoms with Crippen molar-refractivity contribution in [2.75, 3.05) is 20.2 Å². The maximum absolute atomic E-state index is 13.8. The Bertz CT molecular complexity index is 1770. The van der Waals surface area contributed by atoms with Crippen LogP contribution in [0.2, 0.25) is 0 Å². The first-order chi connectivity index (χ1) is 20.8. The van der Waals surface area contributed by atoms with Gasteiger partial charge in [0.05, 0.1) is 43.3 Å². The fourth-order valence-electron chi connectivity index (χ4n) is 6.95. The van der Waals surface area contributed by atoms with Crippen LogP contribution in [0.15, 0.2) is 52.4 Å². The van der Waals surface area contributed by atoms with Gasteiger partial charge >= 0.3 is 5.69 Å². The second-order valence-electron chi connectivity index (χ2n) is 11.6. The number of aliphatic hydroxyl groups excluding tert-OH is 2. The van der Waals surface area contributed by atoms with Crippen molar-refractivity contribution >= 4 is 10.9 Å². The largest absolute Gasteiger partial charge is 0.497 e. The molecule has 3 N–H and O–H groups in total. The summed E-state index contributed by atoms with van der Waals surface area (Å²) in [5, 5.41) is 31.8. The summed E-state index contributed by atoms with van der Waals surface area (Å²) in [6.45, 7) is 1.81. The average Bonchev–Trinajstić information content (AvgIpc) is 3.64. The maximum Gasteiger partial charge on any atom is 0.330 e. The minimum atomic E-state index is -1.11. The van der Waals surface area contributed by atoms with Gasteiger partial charge in [0, 0.05) is 42.7 Å². The van der Waals surface area contributed by atoms with Crippen LogP contribution < -0.4 is 16.0 Å². The molecule has 2 bridgehead atoms. The monoisotopic (exact) mass is 593 g/mol. The minimum absolute atomic E-state index is 0.0398. The van der Waals surface area contributed by atoms with E-state index in [1.165, 1.54) is 0 Å². The molecule has 0 spiro atoms. The normalized spacial score (nSPS) is 29.3. The third kappa shape index (κ3) is 5.03. The van der Waals surface area contributed by atoms with Crippen LogP contribution in [-0.4, -0.2) is 83.1 Å². The molecular formula is C29H32FN7O6. The Kier molecular flexibility index (Phi) is 7.08. The summed E-state index contributed by atoms with van der Waals surface area (Å²) >= 11 is 0. The summed E-state index contributed by atoms with van der Waals surface area (Å²) in [4.78, 5) is 32.2. The molecule has 4 aromatic rings. The van der Waals surface area contributed by atoms with Crippen molar-refractivity contribution in [1.82, 2.24) is 34.4 Å². The number of nitrogens with zero attached hydrogens (tertiary/aromatic N) is 6. The summed E-state index contributed by atoms with van der Waals surface area (Å²) in [6, 6.07) is 7.52. The zero-order valence-electron chi connectivity index (χ0n) is 23.4. The fourth-order valence-corrected chi connectivity index (χ4v) is 6.95. The van der Waals surface area contributed by atoms with E-state index in [1.54, 1.807) is 18.0 Å². The molecular weight excluding hydrogens is 561 g/mol. The molecule has 0 radical (unpaired) electrons. The van der Waals surface area contributed by atoms with Gasteiger partial charge in [0.2, 0.25) is 5.82 Å². The van der Waals surface area contributed by atoms with E-state index < -0.39 is 41.6 Å².